The molecule has 112 valence electrons. The van der Waals surface area contributed by atoms with Crippen LogP contribution in [0.5, 0.6) is 11.5 Å². The second kappa shape index (κ2) is 6.37. The van der Waals surface area contributed by atoms with Crippen molar-refractivity contribution >= 4 is 11.6 Å². The van der Waals surface area contributed by atoms with Gasteiger partial charge in [0.05, 0.1) is 19.2 Å². The summed E-state index contributed by atoms with van der Waals surface area (Å²) in [5.41, 5.74) is 3.60. The molecule has 0 fully saturated rings. The summed E-state index contributed by atoms with van der Waals surface area (Å²) in [5, 5.41) is 11.1. The van der Waals surface area contributed by atoms with Crippen LogP contribution in [0.25, 0.3) is 0 Å². The van der Waals surface area contributed by atoms with Gasteiger partial charge in [0.15, 0.2) is 11.5 Å². The minimum Gasteiger partial charge on any atom is -0.493 e. The van der Waals surface area contributed by atoms with Gasteiger partial charge in [0.1, 0.15) is 6.10 Å². The van der Waals surface area contributed by atoms with E-state index in [9.17, 15) is 5.11 Å². The van der Waals surface area contributed by atoms with Gasteiger partial charge in [-0.15, -0.1) is 0 Å². The molecule has 0 aliphatic heterocycles. The van der Waals surface area contributed by atoms with Gasteiger partial charge in [0.2, 0.25) is 0 Å². The van der Waals surface area contributed by atoms with Crippen LogP contribution < -0.4 is 9.47 Å². The van der Waals surface area contributed by atoms with E-state index in [-0.39, 0.29) is 0 Å². The van der Waals surface area contributed by atoms with Crippen LogP contribution in [0.3, 0.4) is 0 Å². The second-order valence-electron chi connectivity index (χ2n) is 5.05. The van der Waals surface area contributed by atoms with Crippen LogP contribution in [0.15, 0.2) is 30.3 Å². The highest BCUT2D eigenvalue weighted by atomic mass is 35.5. The smallest absolute Gasteiger partial charge is 0.162 e. The van der Waals surface area contributed by atoms with E-state index in [1.165, 1.54) is 0 Å². The normalized spacial score (nSPS) is 12.1. The fourth-order valence-electron chi connectivity index (χ4n) is 2.43. The number of halogens is 1. The molecule has 0 aliphatic carbocycles. The van der Waals surface area contributed by atoms with E-state index in [2.05, 4.69) is 6.07 Å². The van der Waals surface area contributed by atoms with Crippen LogP contribution in [0.4, 0.5) is 0 Å². The van der Waals surface area contributed by atoms with Gasteiger partial charge in [0.25, 0.3) is 0 Å². The molecule has 1 N–H and O–H groups in total. The van der Waals surface area contributed by atoms with Crippen LogP contribution >= 0.6 is 11.6 Å². The Balaban J connectivity index is 2.49. The molecule has 1 atom stereocenters. The van der Waals surface area contributed by atoms with Crippen molar-refractivity contribution in [3.05, 3.63) is 57.6 Å². The molecule has 3 nitrogen and oxygen atoms in total. The van der Waals surface area contributed by atoms with Gasteiger partial charge in [-0.1, -0.05) is 40.9 Å². The van der Waals surface area contributed by atoms with E-state index in [4.69, 9.17) is 21.1 Å². The summed E-state index contributed by atoms with van der Waals surface area (Å²) < 4.78 is 10.5. The Morgan fingerprint density at radius 2 is 1.43 bits per heavy atom. The van der Waals surface area contributed by atoms with Gasteiger partial charge in [-0.25, -0.2) is 0 Å². The van der Waals surface area contributed by atoms with Crippen molar-refractivity contribution in [1.82, 2.24) is 0 Å². The molecule has 0 heterocycles. The highest BCUT2D eigenvalue weighted by Crippen LogP contribution is 2.38. The van der Waals surface area contributed by atoms with Crippen molar-refractivity contribution in [2.45, 2.75) is 20.0 Å². The zero-order valence-electron chi connectivity index (χ0n) is 12.6. The van der Waals surface area contributed by atoms with Gasteiger partial charge in [-0.3, -0.25) is 0 Å². The van der Waals surface area contributed by atoms with Crippen LogP contribution in [0.1, 0.15) is 28.4 Å². The summed E-state index contributed by atoms with van der Waals surface area (Å²) in [4.78, 5) is 0. The van der Waals surface area contributed by atoms with Crippen LogP contribution in [0, 0.1) is 13.8 Å². The summed E-state index contributed by atoms with van der Waals surface area (Å²) in [6.07, 6.45) is -0.809. The number of methoxy groups -OCH3 is 2. The third-order valence-corrected chi connectivity index (χ3v) is 3.68. The number of hydrogen-bond donors (Lipinski definition) is 1. The Kier molecular flexibility index (Phi) is 4.76. The van der Waals surface area contributed by atoms with Crippen molar-refractivity contribution in [2.75, 3.05) is 14.2 Å². The summed E-state index contributed by atoms with van der Waals surface area (Å²) in [6.45, 7) is 4.00. The van der Waals surface area contributed by atoms with Crippen molar-refractivity contribution in [1.29, 1.82) is 0 Å². The molecular weight excluding hydrogens is 288 g/mol. The summed E-state index contributed by atoms with van der Waals surface area (Å²) in [5.74, 6) is 1.08. The maximum atomic E-state index is 10.6. The van der Waals surface area contributed by atoms with Crippen LogP contribution in [0.2, 0.25) is 5.02 Å². The zero-order chi connectivity index (χ0) is 15.6. The SMILES string of the molecule is COc1cc(Cl)c(C(O)c2cc(C)cc(C)c2)cc1OC. The van der Waals surface area contributed by atoms with E-state index in [1.807, 2.05) is 26.0 Å². The molecule has 2 aromatic rings. The number of hydrogen-bond acceptors (Lipinski definition) is 3. The molecule has 1 unspecified atom stereocenters. The van der Waals surface area contributed by atoms with Crippen molar-refractivity contribution in [2.24, 2.45) is 0 Å². The number of rotatable bonds is 4. The largest absolute Gasteiger partial charge is 0.493 e. The van der Waals surface area contributed by atoms with E-state index in [0.29, 0.717) is 22.1 Å². The summed E-state index contributed by atoms with van der Waals surface area (Å²) in [6, 6.07) is 9.33. The maximum Gasteiger partial charge on any atom is 0.162 e. The Bertz CT molecular complexity index is 632. The molecule has 21 heavy (non-hydrogen) atoms. The number of aliphatic hydroxyl groups excluding tert-OH is 1. The monoisotopic (exact) mass is 306 g/mol. The topological polar surface area (TPSA) is 38.7 Å². The fourth-order valence-corrected chi connectivity index (χ4v) is 2.68. The summed E-state index contributed by atoms with van der Waals surface area (Å²) in [7, 11) is 3.10. The quantitative estimate of drug-likeness (QED) is 0.926. The lowest BCUT2D eigenvalue weighted by atomic mass is 9.97. The molecule has 2 aromatic carbocycles. The lowest BCUT2D eigenvalue weighted by Gasteiger charge is -2.17. The standard InChI is InChI=1S/C17H19ClO3/c1-10-5-11(2)7-12(6-10)17(19)13-8-15(20-3)16(21-4)9-14(13)18/h5-9,17,19H,1-4H3. The minimum absolute atomic E-state index is 0.444. The lowest BCUT2D eigenvalue weighted by molar-refractivity contribution is 0.219. The first-order chi connectivity index (χ1) is 9.96. The maximum absolute atomic E-state index is 10.6. The second-order valence-corrected chi connectivity index (χ2v) is 5.46. The first-order valence-corrected chi connectivity index (χ1v) is 7.01. The average Bonchev–Trinajstić information content (AvgIpc) is 2.45. The van der Waals surface area contributed by atoms with E-state index >= 15 is 0 Å². The van der Waals surface area contributed by atoms with Gasteiger partial charge in [0, 0.05) is 11.6 Å². The van der Waals surface area contributed by atoms with E-state index < -0.39 is 6.10 Å². The molecule has 0 saturated heterocycles. The van der Waals surface area contributed by atoms with Crippen LogP contribution in [-0.2, 0) is 0 Å². The highest BCUT2D eigenvalue weighted by Gasteiger charge is 2.18. The predicted octanol–water partition coefficient (Wildman–Crippen LogP) is 4.06. The van der Waals surface area contributed by atoms with E-state index in [1.54, 1.807) is 26.4 Å². The molecule has 0 amide bonds. The number of aryl methyl sites for hydroxylation is 2. The lowest BCUT2D eigenvalue weighted by Crippen LogP contribution is -2.03. The highest BCUT2D eigenvalue weighted by molar-refractivity contribution is 6.31. The molecule has 0 spiro atoms. The van der Waals surface area contributed by atoms with Gasteiger partial charge in [-0.2, -0.15) is 0 Å². The third kappa shape index (κ3) is 3.31. The zero-order valence-corrected chi connectivity index (χ0v) is 13.4. The number of benzene rings is 2. The molecule has 0 saturated carbocycles. The molecular formula is C17H19ClO3. The molecule has 2 rings (SSSR count). The minimum atomic E-state index is -0.809. The van der Waals surface area contributed by atoms with Crippen molar-refractivity contribution < 1.29 is 14.6 Å². The van der Waals surface area contributed by atoms with E-state index in [0.717, 1.165) is 16.7 Å². The average molecular weight is 307 g/mol. The first kappa shape index (κ1) is 15.7. The first-order valence-electron chi connectivity index (χ1n) is 6.64. The number of ether oxygens (including phenoxy) is 2. The van der Waals surface area contributed by atoms with Crippen molar-refractivity contribution in [3.8, 4) is 11.5 Å². The Morgan fingerprint density at radius 1 is 0.905 bits per heavy atom. The van der Waals surface area contributed by atoms with Crippen molar-refractivity contribution in [3.63, 3.8) is 0 Å². The summed E-state index contributed by atoms with van der Waals surface area (Å²) >= 11 is 6.27. The Hall–Kier alpha value is -1.71. The number of aliphatic hydroxyl groups is 1. The predicted molar refractivity (Wildman–Crippen MR) is 84.5 cm³/mol. The van der Waals surface area contributed by atoms with Crippen LogP contribution in [-0.4, -0.2) is 19.3 Å². The molecule has 4 heteroatoms. The third-order valence-electron chi connectivity index (χ3n) is 3.36. The van der Waals surface area contributed by atoms with Gasteiger partial charge >= 0.3 is 0 Å². The fraction of sp³-hybridized carbons (Fsp3) is 0.294. The van der Waals surface area contributed by atoms with Gasteiger partial charge in [-0.05, 0) is 25.5 Å². The molecule has 0 aromatic heterocycles. The Labute approximate surface area is 130 Å². The molecule has 0 aliphatic rings. The molecule has 0 bridgehead atoms. The molecule has 0 radical (unpaired) electrons. The Morgan fingerprint density at radius 3 is 1.95 bits per heavy atom. The van der Waals surface area contributed by atoms with Gasteiger partial charge < -0.3 is 14.6 Å².